The smallest absolute Gasteiger partial charge is 0.303 e. The first-order chi connectivity index (χ1) is 12.0. The number of ketones is 2. The van der Waals surface area contributed by atoms with Gasteiger partial charge in [0.25, 0.3) is 0 Å². The van der Waals surface area contributed by atoms with Gasteiger partial charge in [0.15, 0.2) is 5.78 Å². The Morgan fingerprint density at radius 2 is 1.76 bits per heavy atom. The van der Waals surface area contributed by atoms with Crippen LogP contribution in [0.25, 0.3) is 0 Å². The number of aliphatic hydroxyl groups is 1. The van der Waals surface area contributed by atoms with Crippen LogP contribution in [0.2, 0.25) is 0 Å². The number of allylic oxidation sites excluding steroid dienone is 1. The zero-order chi connectivity index (χ0) is 18.7. The predicted molar refractivity (Wildman–Crippen MR) is 96.2 cm³/mol. The average molecular weight is 352 g/mol. The number of aliphatic carboxylic acids is 1. The van der Waals surface area contributed by atoms with Crippen LogP contribution in [0.1, 0.15) is 77.6 Å². The Labute approximate surface area is 150 Å². The van der Waals surface area contributed by atoms with Gasteiger partial charge in [-0.15, -0.1) is 0 Å². The molecule has 25 heavy (non-hydrogen) atoms. The normalized spacial score (nSPS) is 23.4. The van der Waals surface area contributed by atoms with Crippen LogP contribution in [0.4, 0.5) is 0 Å². The van der Waals surface area contributed by atoms with Crippen molar-refractivity contribution in [2.24, 2.45) is 11.8 Å². The molecule has 5 nitrogen and oxygen atoms in total. The van der Waals surface area contributed by atoms with Gasteiger partial charge in [-0.05, 0) is 25.3 Å². The van der Waals surface area contributed by atoms with E-state index < -0.39 is 12.1 Å². The van der Waals surface area contributed by atoms with Crippen molar-refractivity contribution in [2.75, 3.05) is 0 Å². The van der Waals surface area contributed by atoms with Gasteiger partial charge in [-0.1, -0.05) is 45.1 Å². The quantitative estimate of drug-likeness (QED) is 0.390. The molecule has 0 aliphatic heterocycles. The number of hydrogen-bond donors (Lipinski definition) is 2. The first kappa shape index (κ1) is 21.6. The van der Waals surface area contributed by atoms with Crippen LogP contribution in [0.5, 0.6) is 0 Å². The second kappa shape index (κ2) is 12.0. The number of carboxylic acid groups (broad SMARTS) is 1. The highest BCUT2D eigenvalue weighted by Gasteiger charge is 2.39. The molecule has 0 radical (unpaired) electrons. The van der Waals surface area contributed by atoms with Crippen molar-refractivity contribution in [1.29, 1.82) is 0 Å². The van der Waals surface area contributed by atoms with Crippen molar-refractivity contribution in [3.8, 4) is 0 Å². The van der Waals surface area contributed by atoms with E-state index in [-0.39, 0.29) is 36.2 Å². The third-order valence-corrected chi connectivity index (χ3v) is 4.92. The number of rotatable bonds is 13. The first-order valence-electron chi connectivity index (χ1n) is 9.59. The summed E-state index contributed by atoms with van der Waals surface area (Å²) in [6.07, 6.45) is 10.4. The lowest BCUT2D eigenvalue weighted by molar-refractivity contribution is -0.137. The second-order valence-electron chi connectivity index (χ2n) is 7.05. The van der Waals surface area contributed by atoms with E-state index in [9.17, 15) is 19.5 Å². The van der Waals surface area contributed by atoms with Crippen molar-refractivity contribution in [1.82, 2.24) is 0 Å². The Balaban J connectivity index is 2.40. The summed E-state index contributed by atoms with van der Waals surface area (Å²) >= 11 is 0. The van der Waals surface area contributed by atoms with Gasteiger partial charge in [0, 0.05) is 31.1 Å². The molecule has 0 amide bonds. The Morgan fingerprint density at radius 3 is 2.44 bits per heavy atom. The van der Waals surface area contributed by atoms with Crippen molar-refractivity contribution in [3.63, 3.8) is 0 Å². The van der Waals surface area contributed by atoms with Crippen molar-refractivity contribution in [2.45, 2.75) is 83.7 Å². The summed E-state index contributed by atoms with van der Waals surface area (Å²) in [5.41, 5.74) is 0. The van der Waals surface area contributed by atoms with Crippen LogP contribution in [-0.4, -0.2) is 33.9 Å². The van der Waals surface area contributed by atoms with Gasteiger partial charge in [0.1, 0.15) is 5.78 Å². The molecule has 0 heterocycles. The fourth-order valence-electron chi connectivity index (χ4n) is 3.44. The lowest BCUT2D eigenvalue weighted by Crippen LogP contribution is -2.19. The van der Waals surface area contributed by atoms with Gasteiger partial charge in [-0.3, -0.25) is 14.4 Å². The highest BCUT2D eigenvalue weighted by Crippen LogP contribution is 2.34. The number of unbranched alkanes of at least 4 members (excludes halogenated alkanes) is 5. The van der Waals surface area contributed by atoms with E-state index in [0.29, 0.717) is 19.3 Å². The van der Waals surface area contributed by atoms with Gasteiger partial charge in [0.2, 0.25) is 0 Å². The number of Topliss-reactive ketones (excluding diaryl/α,β-unsaturated/α-hetero) is 1. The molecule has 1 rings (SSSR count). The molecule has 142 valence electrons. The summed E-state index contributed by atoms with van der Waals surface area (Å²) in [5.74, 6) is -1.11. The molecule has 3 atom stereocenters. The van der Waals surface area contributed by atoms with E-state index in [2.05, 4.69) is 6.92 Å². The standard InChI is InChI=1S/C20H32O5/c1-2-3-6-9-15(21)12-13-17-16(18(22)14-19(17)23)10-7-4-5-8-11-20(24)25/h12-13,16-17,19,23H,2-11,14H2,1H3,(H,24,25)/b13-12+/t16-,17-,19-/m0/s1. The highest BCUT2D eigenvalue weighted by molar-refractivity contribution is 5.90. The van der Waals surface area contributed by atoms with E-state index in [1.165, 1.54) is 0 Å². The molecule has 0 aromatic heterocycles. The summed E-state index contributed by atoms with van der Waals surface area (Å²) in [6.45, 7) is 2.09. The zero-order valence-electron chi connectivity index (χ0n) is 15.3. The Hall–Kier alpha value is -1.49. The van der Waals surface area contributed by atoms with Gasteiger partial charge < -0.3 is 10.2 Å². The Morgan fingerprint density at radius 1 is 1.08 bits per heavy atom. The maximum atomic E-state index is 12.1. The van der Waals surface area contributed by atoms with E-state index in [1.807, 2.05) is 0 Å². The molecular formula is C20H32O5. The van der Waals surface area contributed by atoms with Crippen LogP contribution in [-0.2, 0) is 14.4 Å². The van der Waals surface area contributed by atoms with Crippen LogP contribution in [0, 0.1) is 11.8 Å². The highest BCUT2D eigenvalue weighted by atomic mass is 16.4. The molecule has 1 saturated carbocycles. The third-order valence-electron chi connectivity index (χ3n) is 4.92. The average Bonchev–Trinajstić information content (AvgIpc) is 2.82. The van der Waals surface area contributed by atoms with Crippen LogP contribution in [0.15, 0.2) is 12.2 Å². The minimum atomic E-state index is -0.775. The number of hydrogen-bond acceptors (Lipinski definition) is 4. The van der Waals surface area contributed by atoms with Crippen molar-refractivity contribution >= 4 is 17.5 Å². The third kappa shape index (κ3) is 8.43. The molecule has 0 aromatic rings. The lowest BCUT2D eigenvalue weighted by Gasteiger charge is -2.17. The number of carbonyl (C=O) groups excluding carboxylic acids is 2. The molecule has 5 heteroatoms. The monoisotopic (exact) mass is 352 g/mol. The fraction of sp³-hybridized carbons (Fsp3) is 0.750. The van der Waals surface area contributed by atoms with E-state index >= 15 is 0 Å². The maximum Gasteiger partial charge on any atom is 0.303 e. The van der Waals surface area contributed by atoms with Gasteiger partial charge in [0.05, 0.1) is 6.10 Å². The predicted octanol–water partition coefficient (Wildman–Crippen LogP) is 3.68. The molecule has 0 bridgehead atoms. The van der Waals surface area contributed by atoms with Crippen LogP contribution >= 0.6 is 0 Å². The largest absolute Gasteiger partial charge is 0.481 e. The molecule has 0 unspecified atom stereocenters. The van der Waals surface area contributed by atoms with E-state index in [0.717, 1.165) is 38.5 Å². The number of carbonyl (C=O) groups is 3. The lowest BCUT2D eigenvalue weighted by atomic mass is 9.88. The fourth-order valence-corrected chi connectivity index (χ4v) is 3.44. The Kier molecular flexibility index (Phi) is 10.3. The molecule has 1 fully saturated rings. The van der Waals surface area contributed by atoms with Crippen molar-refractivity contribution < 1.29 is 24.6 Å². The maximum absolute atomic E-state index is 12.1. The SMILES string of the molecule is CCCCCC(=O)/C=C/[C@H]1[C@H](CCCCCCC(=O)O)C(=O)C[C@@H]1O. The summed E-state index contributed by atoms with van der Waals surface area (Å²) < 4.78 is 0. The van der Waals surface area contributed by atoms with Gasteiger partial charge in [-0.25, -0.2) is 0 Å². The molecule has 2 N–H and O–H groups in total. The van der Waals surface area contributed by atoms with Crippen LogP contribution in [0.3, 0.4) is 0 Å². The minimum Gasteiger partial charge on any atom is -0.481 e. The molecule has 1 aliphatic rings. The van der Waals surface area contributed by atoms with E-state index in [1.54, 1.807) is 12.2 Å². The molecule has 1 aliphatic carbocycles. The molecule has 0 spiro atoms. The summed E-state index contributed by atoms with van der Waals surface area (Å²) in [6, 6.07) is 0. The number of aliphatic hydroxyl groups excluding tert-OH is 1. The molecular weight excluding hydrogens is 320 g/mol. The second-order valence-corrected chi connectivity index (χ2v) is 7.05. The summed E-state index contributed by atoms with van der Waals surface area (Å²) in [5, 5.41) is 18.7. The molecule has 0 aromatic carbocycles. The summed E-state index contributed by atoms with van der Waals surface area (Å²) in [7, 11) is 0. The topological polar surface area (TPSA) is 91.7 Å². The van der Waals surface area contributed by atoms with Gasteiger partial charge >= 0.3 is 5.97 Å². The van der Waals surface area contributed by atoms with Gasteiger partial charge in [-0.2, -0.15) is 0 Å². The first-order valence-corrected chi connectivity index (χ1v) is 9.59. The molecule has 0 saturated heterocycles. The zero-order valence-corrected chi connectivity index (χ0v) is 15.3. The van der Waals surface area contributed by atoms with Crippen LogP contribution < -0.4 is 0 Å². The van der Waals surface area contributed by atoms with Crippen molar-refractivity contribution in [3.05, 3.63) is 12.2 Å². The number of carboxylic acids is 1. The van der Waals surface area contributed by atoms with E-state index in [4.69, 9.17) is 5.11 Å². The summed E-state index contributed by atoms with van der Waals surface area (Å²) in [4.78, 5) is 34.4. The minimum absolute atomic E-state index is 0.0624. The Bertz CT molecular complexity index is 469.